The van der Waals surface area contributed by atoms with Gasteiger partial charge in [0.2, 0.25) is 0 Å². The molecule has 1 aromatic rings. The van der Waals surface area contributed by atoms with Gasteiger partial charge < -0.3 is 15.7 Å². The zero-order valence-electron chi connectivity index (χ0n) is 9.64. The van der Waals surface area contributed by atoms with Crippen LogP contribution in [-0.2, 0) is 4.79 Å². The van der Waals surface area contributed by atoms with Crippen LogP contribution in [0.3, 0.4) is 0 Å². The molecule has 17 heavy (non-hydrogen) atoms. The standard InChI is InChI=1S/C12H16N2O3/c1-9(7-8-11(15)16)13-12(17)14-10-5-3-2-4-6-10/h2-6,9H,7-8H2,1H3,(H,15,16)(H2,13,14,17). The van der Waals surface area contributed by atoms with Gasteiger partial charge in [-0.25, -0.2) is 4.79 Å². The Balaban J connectivity index is 2.32. The number of carbonyl (C=O) groups is 2. The summed E-state index contributed by atoms with van der Waals surface area (Å²) in [5, 5.41) is 13.8. The van der Waals surface area contributed by atoms with Crippen molar-refractivity contribution in [2.75, 3.05) is 5.32 Å². The van der Waals surface area contributed by atoms with E-state index in [9.17, 15) is 9.59 Å². The number of carboxylic acid groups (broad SMARTS) is 1. The lowest BCUT2D eigenvalue weighted by atomic mass is 10.2. The molecule has 1 aromatic carbocycles. The van der Waals surface area contributed by atoms with Crippen LogP contribution in [0.15, 0.2) is 30.3 Å². The van der Waals surface area contributed by atoms with Crippen LogP contribution < -0.4 is 10.6 Å². The molecule has 0 aliphatic heterocycles. The van der Waals surface area contributed by atoms with E-state index < -0.39 is 5.97 Å². The average molecular weight is 236 g/mol. The highest BCUT2D eigenvalue weighted by atomic mass is 16.4. The molecule has 0 bridgehead atoms. The number of hydrogen-bond donors (Lipinski definition) is 3. The first-order valence-electron chi connectivity index (χ1n) is 5.42. The first kappa shape index (κ1) is 13.0. The van der Waals surface area contributed by atoms with Crippen molar-refractivity contribution in [2.24, 2.45) is 0 Å². The fourth-order valence-corrected chi connectivity index (χ4v) is 1.32. The van der Waals surface area contributed by atoms with Crippen LogP contribution in [0, 0.1) is 0 Å². The van der Waals surface area contributed by atoms with Crippen LogP contribution in [0.1, 0.15) is 19.8 Å². The van der Waals surface area contributed by atoms with Gasteiger partial charge in [-0.3, -0.25) is 4.79 Å². The third-order valence-corrected chi connectivity index (χ3v) is 2.20. The number of anilines is 1. The number of carboxylic acids is 1. The second-order valence-corrected chi connectivity index (χ2v) is 3.80. The number of aliphatic carboxylic acids is 1. The van der Waals surface area contributed by atoms with Crippen molar-refractivity contribution in [3.8, 4) is 0 Å². The molecule has 3 N–H and O–H groups in total. The monoisotopic (exact) mass is 236 g/mol. The molecule has 0 aliphatic carbocycles. The quantitative estimate of drug-likeness (QED) is 0.732. The van der Waals surface area contributed by atoms with E-state index in [1.165, 1.54) is 0 Å². The van der Waals surface area contributed by atoms with Gasteiger partial charge in [0, 0.05) is 18.2 Å². The summed E-state index contributed by atoms with van der Waals surface area (Å²) in [5.74, 6) is -0.859. The minimum atomic E-state index is -0.859. The summed E-state index contributed by atoms with van der Waals surface area (Å²) in [7, 11) is 0. The Hall–Kier alpha value is -2.04. The lowest BCUT2D eigenvalue weighted by molar-refractivity contribution is -0.137. The maximum Gasteiger partial charge on any atom is 0.319 e. The fourth-order valence-electron chi connectivity index (χ4n) is 1.32. The number of hydrogen-bond acceptors (Lipinski definition) is 2. The molecule has 5 heteroatoms. The van der Waals surface area contributed by atoms with Gasteiger partial charge in [-0.1, -0.05) is 18.2 Å². The lowest BCUT2D eigenvalue weighted by Gasteiger charge is -2.13. The third kappa shape index (κ3) is 5.55. The van der Waals surface area contributed by atoms with Crippen LogP contribution >= 0.6 is 0 Å². The Labute approximate surface area is 99.8 Å². The molecule has 0 aliphatic rings. The van der Waals surface area contributed by atoms with Crippen molar-refractivity contribution in [1.82, 2.24) is 5.32 Å². The van der Waals surface area contributed by atoms with Crippen molar-refractivity contribution < 1.29 is 14.7 Å². The van der Waals surface area contributed by atoms with Gasteiger partial charge >= 0.3 is 12.0 Å². The number of amides is 2. The summed E-state index contributed by atoms with van der Waals surface area (Å²) < 4.78 is 0. The van der Waals surface area contributed by atoms with E-state index >= 15 is 0 Å². The van der Waals surface area contributed by atoms with Crippen molar-refractivity contribution in [3.63, 3.8) is 0 Å². The van der Waals surface area contributed by atoms with Crippen molar-refractivity contribution in [3.05, 3.63) is 30.3 Å². The van der Waals surface area contributed by atoms with Gasteiger partial charge in [0.1, 0.15) is 0 Å². The zero-order chi connectivity index (χ0) is 12.7. The van der Waals surface area contributed by atoms with Crippen LogP contribution in [-0.4, -0.2) is 23.1 Å². The first-order valence-corrected chi connectivity index (χ1v) is 5.42. The smallest absolute Gasteiger partial charge is 0.319 e. The van der Waals surface area contributed by atoms with Crippen LogP contribution in [0.2, 0.25) is 0 Å². The number of urea groups is 1. The minimum Gasteiger partial charge on any atom is -0.481 e. The predicted molar refractivity (Wildman–Crippen MR) is 64.9 cm³/mol. The van der Waals surface area contributed by atoms with E-state index in [1.807, 2.05) is 18.2 Å². The van der Waals surface area contributed by atoms with E-state index in [0.29, 0.717) is 12.1 Å². The molecule has 1 unspecified atom stereocenters. The summed E-state index contributed by atoms with van der Waals surface area (Å²) >= 11 is 0. The van der Waals surface area contributed by atoms with E-state index in [4.69, 9.17) is 5.11 Å². The van der Waals surface area contributed by atoms with Crippen molar-refractivity contribution in [2.45, 2.75) is 25.8 Å². The number of nitrogens with one attached hydrogen (secondary N) is 2. The molecule has 0 saturated heterocycles. The van der Waals surface area contributed by atoms with Gasteiger partial charge in [0.25, 0.3) is 0 Å². The summed E-state index contributed by atoms with van der Waals surface area (Å²) in [4.78, 5) is 21.9. The normalized spacial score (nSPS) is 11.6. The molecule has 1 atom stereocenters. The van der Waals surface area contributed by atoms with E-state index in [0.717, 1.165) is 0 Å². The van der Waals surface area contributed by atoms with Gasteiger partial charge in [0.05, 0.1) is 0 Å². The van der Waals surface area contributed by atoms with Crippen LogP contribution in [0.25, 0.3) is 0 Å². The molecular weight excluding hydrogens is 220 g/mol. The van der Waals surface area contributed by atoms with E-state index in [1.54, 1.807) is 19.1 Å². The Kier molecular flexibility index (Phi) is 5.00. The van der Waals surface area contributed by atoms with Crippen molar-refractivity contribution >= 4 is 17.7 Å². The Morgan fingerprint density at radius 3 is 2.53 bits per heavy atom. The molecule has 0 saturated carbocycles. The lowest BCUT2D eigenvalue weighted by Crippen LogP contribution is -2.36. The number of benzene rings is 1. The molecule has 0 fully saturated rings. The maximum atomic E-state index is 11.5. The number of rotatable bonds is 5. The average Bonchev–Trinajstić information content (AvgIpc) is 2.27. The molecule has 1 rings (SSSR count). The molecule has 0 spiro atoms. The van der Waals surface area contributed by atoms with Gasteiger partial charge in [-0.15, -0.1) is 0 Å². The molecule has 5 nitrogen and oxygen atoms in total. The summed E-state index contributed by atoms with van der Waals surface area (Å²) in [5.41, 5.74) is 0.704. The predicted octanol–water partition coefficient (Wildman–Crippen LogP) is 2.06. The number of carbonyl (C=O) groups excluding carboxylic acids is 1. The van der Waals surface area contributed by atoms with Crippen molar-refractivity contribution in [1.29, 1.82) is 0 Å². The maximum absolute atomic E-state index is 11.5. The number of para-hydroxylation sites is 1. The highest BCUT2D eigenvalue weighted by Gasteiger charge is 2.08. The fraction of sp³-hybridized carbons (Fsp3) is 0.333. The molecule has 0 radical (unpaired) electrons. The highest BCUT2D eigenvalue weighted by Crippen LogP contribution is 2.05. The molecule has 0 aromatic heterocycles. The van der Waals surface area contributed by atoms with Gasteiger partial charge in [0.15, 0.2) is 0 Å². The first-order chi connectivity index (χ1) is 8.08. The Morgan fingerprint density at radius 1 is 1.29 bits per heavy atom. The Morgan fingerprint density at radius 2 is 1.94 bits per heavy atom. The van der Waals surface area contributed by atoms with Gasteiger partial charge in [-0.2, -0.15) is 0 Å². The van der Waals surface area contributed by atoms with E-state index in [-0.39, 0.29) is 18.5 Å². The zero-order valence-corrected chi connectivity index (χ0v) is 9.64. The summed E-state index contributed by atoms with van der Waals surface area (Å²) in [6.45, 7) is 1.77. The van der Waals surface area contributed by atoms with Crippen LogP contribution in [0.5, 0.6) is 0 Å². The summed E-state index contributed by atoms with van der Waals surface area (Å²) in [6, 6.07) is 8.57. The largest absolute Gasteiger partial charge is 0.481 e. The second-order valence-electron chi connectivity index (χ2n) is 3.80. The second kappa shape index (κ2) is 6.52. The van der Waals surface area contributed by atoms with Crippen LogP contribution in [0.4, 0.5) is 10.5 Å². The SMILES string of the molecule is CC(CCC(=O)O)NC(=O)Nc1ccccc1. The molecular formula is C12H16N2O3. The van der Waals surface area contributed by atoms with E-state index in [2.05, 4.69) is 10.6 Å². The third-order valence-electron chi connectivity index (χ3n) is 2.20. The summed E-state index contributed by atoms with van der Waals surface area (Å²) in [6.07, 6.45) is 0.463. The Bertz CT molecular complexity index is 379. The topological polar surface area (TPSA) is 78.4 Å². The highest BCUT2D eigenvalue weighted by molar-refractivity contribution is 5.89. The van der Waals surface area contributed by atoms with Gasteiger partial charge in [-0.05, 0) is 25.5 Å². The molecule has 92 valence electrons. The minimum absolute atomic E-state index is 0.0484. The molecule has 0 heterocycles. The molecule has 2 amide bonds.